The lowest BCUT2D eigenvalue weighted by Crippen LogP contribution is -1.92. The lowest BCUT2D eigenvalue weighted by molar-refractivity contribution is 0.471. The molecule has 2 aromatic carbocycles. The van der Waals surface area contributed by atoms with Gasteiger partial charge in [0.2, 0.25) is 5.43 Å². The first kappa shape index (κ1) is 13.4. The molecule has 0 bridgehead atoms. The Balaban J connectivity index is 2.36. The monoisotopic (exact) mass is 318 g/mol. The molecule has 0 atom stereocenters. The van der Waals surface area contributed by atoms with Crippen LogP contribution in [0.5, 0.6) is 5.75 Å². The van der Waals surface area contributed by atoms with Crippen LogP contribution >= 0.6 is 15.9 Å². The van der Waals surface area contributed by atoms with Gasteiger partial charge < -0.3 is 5.11 Å². The summed E-state index contributed by atoms with van der Waals surface area (Å²) in [5.41, 5.74) is 1.87. The summed E-state index contributed by atoms with van der Waals surface area (Å²) in [5.74, 6) is -0.322. The molecule has 0 saturated carbocycles. The van der Waals surface area contributed by atoms with Gasteiger partial charge >= 0.3 is 0 Å². The van der Waals surface area contributed by atoms with E-state index in [0.717, 1.165) is 11.3 Å². The summed E-state index contributed by atoms with van der Waals surface area (Å²) in [6.45, 7) is 1.99. The maximum atomic E-state index is 11.4. The number of hydrogen-bond donors (Lipinski definition) is 1. The van der Waals surface area contributed by atoms with E-state index < -0.39 is 5.43 Å². The molecule has 2 rings (SSSR count). The van der Waals surface area contributed by atoms with Gasteiger partial charge in [-0.2, -0.15) is 5.11 Å². The van der Waals surface area contributed by atoms with Gasteiger partial charge in [-0.05, 0) is 47.1 Å². The second-order valence-corrected chi connectivity index (χ2v) is 4.85. The molecule has 0 aliphatic heterocycles. The largest absolute Gasteiger partial charge is 0.504 e. The molecule has 5 heteroatoms. The first-order valence-corrected chi connectivity index (χ1v) is 6.37. The van der Waals surface area contributed by atoms with Crippen LogP contribution in [0, 0.1) is 6.92 Å². The van der Waals surface area contributed by atoms with E-state index in [2.05, 4.69) is 26.2 Å². The number of aromatic hydroxyl groups is 1. The van der Waals surface area contributed by atoms with Crippen molar-refractivity contribution in [1.82, 2.24) is 0 Å². The normalized spacial score (nSPS) is 10.8. The van der Waals surface area contributed by atoms with Crippen molar-refractivity contribution in [1.29, 1.82) is 0 Å². The summed E-state index contributed by atoms with van der Waals surface area (Å²) >= 11 is 3.23. The Kier molecular flexibility index (Phi) is 4.06. The highest BCUT2D eigenvalue weighted by atomic mass is 79.9. The maximum Gasteiger partial charge on any atom is 0.221 e. The van der Waals surface area contributed by atoms with E-state index in [1.165, 1.54) is 18.2 Å². The smallest absolute Gasteiger partial charge is 0.221 e. The third-order valence-corrected chi connectivity index (χ3v) is 3.10. The van der Waals surface area contributed by atoms with Gasteiger partial charge in [-0.1, -0.05) is 17.7 Å². The molecule has 19 heavy (non-hydrogen) atoms. The van der Waals surface area contributed by atoms with Gasteiger partial charge in [0.25, 0.3) is 0 Å². The predicted octanol–water partition coefficient (Wildman–Crippen LogP) is 4.24. The molecule has 0 aromatic heterocycles. The van der Waals surface area contributed by atoms with Crippen molar-refractivity contribution in [2.24, 2.45) is 10.2 Å². The summed E-state index contributed by atoms with van der Waals surface area (Å²) in [6, 6.07) is 11.7. The highest BCUT2D eigenvalue weighted by Gasteiger charge is 2.00. The Hall–Kier alpha value is -2.01. The molecule has 0 unspecified atom stereocenters. The van der Waals surface area contributed by atoms with E-state index >= 15 is 0 Å². The number of hydrogen-bond acceptors (Lipinski definition) is 4. The Bertz CT molecular complexity index is 682. The zero-order chi connectivity index (χ0) is 13.8. The van der Waals surface area contributed by atoms with E-state index in [0.29, 0.717) is 10.2 Å². The Morgan fingerprint density at radius 3 is 2.42 bits per heavy atom. The molecule has 0 spiro atoms. The highest BCUT2D eigenvalue weighted by Crippen LogP contribution is 2.26. The van der Waals surface area contributed by atoms with Gasteiger partial charge in [-0.25, -0.2) is 0 Å². The Labute approximate surface area is 118 Å². The fourth-order valence-corrected chi connectivity index (χ4v) is 1.81. The predicted molar refractivity (Wildman–Crippen MR) is 77.4 cm³/mol. The first-order valence-electron chi connectivity index (χ1n) is 5.57. The summed E-state index contributed by atoms with van der Waals surface area (Å²) in [7, 11) is 0. The summed E-state index contributed by atoms with van der Waals surface area (Å²) in [5, 5.41) is 17.5. The van der Waals surface area contributed by atoms with Gasteiger partial charge in [-0.15, -0.1) is 5.11 Å². The third kappa shape index (κ3) is 3.48. The van der Waals surface area contributed by atoms with Crippen molar-refractivity contribution < 1.29 is 5.11 Å². The number of rotatable bonds is 2. The van der Waals surface area contributed by atoms with Crippen LogP contribution < -0.4 is 5.43 Å². The van der Waals surface area contributed by atoms with E-state index in [-0.39, 0.29) is 5.75 Å². The maximum absolute atomic E-state index is 11.4. The summed E-state index contributed by atoms with van der Waals surface area (Å²) in [4.78, 5) is 11.4. The Morgan fingerprint density at radius 2 is 1.74 bits per heavy atom. The molecule has 4 nitrogen and oxygen atoms in total. The fourth-order valence-electron chi connectivity index (χ4n) is 1.39. The van der Waals surface area contributed by atoms with E-state index in [1.54, 1.807) is 0 Å². The second-order valence-electron chi connectivity index (χ2n) is 4.00. The van der Waals surface area contributed by atoms with Gasteiger partial charge in [0.15, 0.2) is 5.75 Å². The van der Waals surface area contributed by atoms with Crippen LogP contribution in [0.15, 0.2) is 62.0 Å². The van der Waals surface area contributed by atoms with Crippen LogP contribution in [0.2, 0.25) is 0 Å². The third-order valence-electron chi connectivity index (χ3n) is 2.46. The number of nitrogens with zero attached hydrogens (tertiary/aromatic N) is 2. The average molecular weight is 319 g/mol. The molecule has 2 aromatic rings. The van der Waals surface area contributed by atoms with Gasteiger partial charge in [0.05, 0.1) is 5.69 Å². The first-order chi connectivity index (χ1) is 9.06. The molecule has 96 valence electrons. The fraction of sp³-hybridized carbons (Fsp3) is 0.0714. The van der Waals surface area contributed by atoms with E-state index in [9.17, 15) is 9.90 Å². The molecule has 0 fully saturated rings. The molecule has 0 saturated heterocycles. The molecule has 1 N–H and O–H groups in total. The van der Waals surface area contributed by atoms with Crippen molar-refractivity contribution in [2.75, 3.05) is 0 Å². The highest BCUT2D eigenvalue weighted by molar-refractivity contribution is 9.10. The molecule has 0 heterocycles. The zero-order valence-corrected chi connectivity index (χ0v) is 11.8. The standard InChI is InChI=1S/C14H11BrN2O2/c1-9-2-4-10(5-3-9)16-17-12-6-7-13(18)14(19)8-11(12)15/h2-8H,1H3,(H,18,19). The van der Waals surface area contributed by atoms with Crippen molar-refractivity contribution in [3.63, 3.8) is 0 Å². The quantitative estimate of drug-likeness (QED) is 0.842. The van der Waals surface area contributed by atoms with Crippen molar-refractivity contribution in [3.05, 3.63) is 62.7 Å². The average Bonchev–Trinajstić information content (AvgIpc) is 2.50. The molecular weight excluding hydrogens is 308 g/mol. The molecule has 0 aliphatic rings. The number of benzene rings is 1. The molecule has 0 radical (unpaired) electrons. The van der Waals surface area contributed by atoms with Crippen molar-refractivity contribution in [2.45, 2.75) is 6.92 Å². The SMILES string of the molecule is Cc1ccc(N=Nc2ccc(O)c(=O)cc2Br)cc1. The number of aryl methyl sites for hydroxylation is 1. The summed E-state index contributed by atoms with van der Waals surface area (Å²) in [6.07, 6.45) is 0. The van der Waals surface area contributed by atoms with Gasteiger partial charge in [0, 0.05) is 10.5 Å². The number of azo groups is 1. The van der Waals surface area contributed by atoms with Gasteiger partial charge in [0.1, 0.15) is 5.69 Å². The van der Waals surface area contributed by atoms with Crippen LogP contribution in [-0.2, 0) is 0 Å². The molecule has 0 amide bonds. The van der Waals surface area contributed by atoms with Crippen LogP contribution in [0.1, 0.15) is 5.56 Å². The minimum atomic E-state index is -0.469. The van der Waals surface area contributed by atoms with Crippen molar-refractivity contribution >= 4 is 27.3 Å². The second kappa shape index (κ2) is 5.75. The minimum absolute atomic E-state index is 0.322. The van der Waals surface area contributed by atoms with Crippen LogP contribution in [-0.4, -0.2) is 5.11 Å². The lowest BCUT2D eigenvalue weighted by Gasteiger charge is -1.94. The lowest BCUT2D eigenvalue weighted by atomic mass is 10.2. The van der Waals surface area contributed by atoms with Crippen molar-refractivity contribution in [3.8, 4) is 5.75 Å². The topological polar surface area (TPSA) is 62.0 Å². The van der Waals surface area contributed by atoms with Crippen LogP contribution in [0.3, 0.4) is 0 Å². The molecular formula is C14H11BrN2O2. The zero-order valence-electron chi connectivity index (χ0n) is 10.2. The van der Waals surface area contributed by atoms with Gasteiger partial charge in [-0.3, -0.25) is 4.79 Å². The van der Waals surface area contributed by atoms with Crippen LogP contribution in [0.4, 0.5) is 11.4 Å². The van der Waals surface area contributed by atoms with Crippen LogP contribution in [0.25, 0.3) is 0 Å². The molecule has 0 aliphatic carbocycles. The van der Waals surface area contributed by atoms with E-state index in [4.69, 9.17) is 0 Å². The van der Waals surface area contributed by atoms with E-state index in [1.807, 2.05) is 31.2 Å². The Morgan fingerprint density at radius 1 is 1.05 bits per heavy atom. The number of halogens is 1. The summed E-state index contributed by atoms with van der Waals surface area (Å²) < 4.78 is 0.480. The minimum Gasteiger partial charge on any atom is -0.504 e.